The van der Waals surface area contributed by atoms with E-state index in [4.69, 9.17) is 11.6 Å². The number of nitrogens with one attached hydrogen (secondary N) is 1. The van der Waals surface area contributed by atoms with E-state index in [0.717, 1.165) is 30.0 Å². The third-order valence-corrected chi connectivity index (χ3v) is 3.18. The van der Waals surface area contributed by atoms with Crippen molar-refractivity contribution in [3.63, 3.8) is 0 Å². The molecule has 96 valence electrons. The summed E-state index contributed by atoms with van der Waals surface area (Å²) >= 11 is 5.76. The number of benzene rings is 1. The van der Waals surface area contributed by atoms with Crippen LogP contribution in [0.4, 0.5) is 5.69 Å². The lowest BCUT2D eigenvalue weighted by Crippen LogP contribution is -2.07. The highest BCUT2D eigenvalue weighted by Gasteiger charge is 2.03. The monoisotopic (exact) mass is 263 g/mol. The van der Waals surface area contributed by atoms with Gasteiger partial charge in [-0.25, -0.2) is 0 Å². The molecule has 1 N–H and O–H groups in total. The molecule has 0 unspecified atom stereocenters. The molecule has 0 amide bonds. The normalized spacial score (nSPS) is 10.6. The predicted octanol–water partition coefficient (Wildman–Crippen LogP) is 3.56. The molecule has 2 aromatic rings. The summed E-state index contributed by atoms with van der Waals surface area (Å²) in [7, 11) is 0. The van der Waals surface area contributed by atoms with Crippen LogP contribution in [-0.2, 0) is 19.0 Å². The Morgan fingerprint density at radius 2 is 2.00 bits per heavy atom. The summed E-state index contributed by atoms with van der Waals surface area (Å²) in [6, 6.07) is 10.3. The van der Waals surface area contributed by atoms with E-state index in [1.165, 1.54) is 5.69 Å². The van der Waals surface area contributed by atoms with Crippen LogP contribution in [0.25, 0.3) is 0 Å². The first-order valence-corrected chi connectivity index (χ1v) is 6.68. The van der Waals surface area contributed by atoms with Gasteiger partial charge in [-0.15, -0.1) is 11.6 Å². The van der Waals surface area contributed by atoms with Crippen LogP contribution in [0, 0.1) is 6.92 Å². The fraction of sp³-hybridized carbons (Fsp3) is 0.357. The predicted molar refractivity (Wildman–Crippen MR) is 76.0 cm³/mol. The highest BCUT2D eigenvalue weighted by atomic mass is 35.5. The summed E-state index contributed by atoms with van der Waals surface area (Å²) in [5.41, 5.74) is 4.50. The first kappa shape index (κ1) is 13.0. The van der Waals surface area contributed by atoms with Crippen molar-refractivity contribution in [1.29, 1.82) is 0 Å². The third kappa shape index (κ3) is 3.05. The number of alkyl halides is 1. The van der Waals surface area contributed by atoms with Crippen LogP contribution < -0.4 is 5.32 Å². The zero-order valence-electron chi connectivity index (χ0n) is 10.8. The fourth-order valence-corrected chi connectivity index (χ4v) is 2.10. The lowest BCUT2D eigenvalue weighted by Gasteiger charge is -2.08. The van der Waals surface area contributed by atoms with Gasteiger partial charge in [0.1, 0.15) is 0 Å². The Bertz CT molecular complexity index is 502. The Labute approximate surface area is 113 Å². The van der Waals surface area contributed by atoms with Crippen molar-refractivity contribution in [3.05, 3.63) is 47.3 Å². The van der Waals surface area contributed by atoms with Crippen molar-refractivity contribution in [2.45, 2.75) is 32.8 Å². The first-order valence-electron chi connectivity index (χ1n) is 6.15. The van der Waals surface area contributed by atoms with Crippen LogP contribution in [0.5, 0.6) is 0 Å². The largest absolute Gasteiger partial charge is 0.379 e. The van der Waals surface area contributed by atoms with Gasteiger partial charge in [-0.3, -0.25) is 4.68 Å². The van der Waals surface area contributed by atoms with Gasteiger partial charge in [-0.2, -0.15) is 5.10 Å². The van der Waals surface area contributed by atoms with E-state index in [0.29, 0.717) is 5.88 Å². The van der Waals surface area contributed by atoms with Gasteiger partial charge in [0.2, 0.25) is 0 Å². The molecule has 4 heteroatoms. The molecule has 18 heavy (non-hydrogen) atoms. The Balaban J connectivity index is 2.01. The molecule has 0 radical (unpaired) electrons. The molecule has 1 aromatic heterocycles. The maximum absolute atomic E-state index is 5.76. The summed E-state index contributed by atoms with van der Waals surface area (Å²) in [4.78, 5) is 0. The number of anilines is 1. The van der Waals surface area contributed by atoms with Gasteiger partial charge in [-0.05, 0) is 37.6 Å². The van der Waals surface area contributed by atoms with E-state index in [9.17, 15) is 0 Å². The van der Waals surface area contributed by atoms with Crippen molar-refractivity contribution in [3.8, 4) is 0 Å². The molecule has 0 atom stereocenters. The maximum Gasteiger partial charge on any atom is 0.0597 e. The van der Waals surface area contributed by atoms with E-state index in [1.54, 1.807) is 0 Å². The number of aromatic nitrogens is 2. The number of hydrogen-bond donors (Lipinski definition) is 1. The summed E-state index contributed by atoms with van der Waals surface area (Å²) in [5, 5.41) is 7.82. The average Bonchev–Trinajstić information content (AvgIpc) is 2.77. The summed E-state index contributed by atoms with van der Waals surface area (Å²) in [6.07, 6.45) is 0. The maximum atomic E-state index is 5.76. The summed E-state index contributed by atoms with van der Waals surface area (Å²) in [6.45, 7) is 5.81. The van der Waals surface area contributed by atoms with Crippen molar-refractivity contribution in [2.75, 3.05) is 5.32 Å². The number of nitrogens with zero attached hydrogens (tertiary/aromatic N) is 2. The molecular formula is C14H18ClN3. The quantitative estimate of drug-likeness (QED) is 0.836. The van der Waals surface area contributed by atoms with E-state index in [-0.39, 0.29) is 0 Å². The molecule has 1 heterocycles. The first-order chi connectivity index (χ1) is 8.72. The number of rotatable bonds is 5. The van der Waals surface area contributed by atoms with Gasteiger partial charge < -0.3 is 5.32 Å². The van der Waals surface area contributed by atoms with Gasteiger partial charge in [0.25, 0.3) is 0 Å². The molecule has 1 aromatic carbocycles. The third-order valence-electron chi connectivity index (χ3n) is 2.87. The van der Waals surface area contributed by atoms with Gasteiger partial charge in [0, 0.05) is 18.1 Å². The minimum atomic E-state index is 0.558. The number of halogens is 1. The van der Waals surface area contributed by atoms with E-state index < -0.39 is 0 Å². The average molecular weight is 264 g/mol. The lowest BCUT2D eigenvalue weighted by molar-refractivity contribution is 0.623. The lowest BCUT2D eigenvalue weighted by atomic mass is 10.2. The Kier molecular flexibility index (Phi) is 4.26. The van der Waals surface area contributed by atoms with Crippen LogP contribution in [0.1, 0.15) is 23.9 Å². The van der Waals surface area contributed by atoms with Crippen LogP contribution in [0.3, 0.4) is 0 Å². The molecule has 0 spiro atoms. The standard InChI is InChI=1S/C14H18ClN3/c1-3-18-14(8-11(2)17-18)10-16-13-6-4-12(9-15)5-7-13/h4-8,16H,3,9-10H2,1-2H3. The number of hydrogen-bond acceptors (Lipinski definition) is 2. The topological polar surface area (TPSA) is 29.9 Å². The van der Waals surface area contributed by atoms with Gasteiger partial charge in [0.15, 0.2) is 0 Å². The van der Waals surface area contributed by atoms with Gasteiger partial charge in [-0.1, -0.05) is 12.1 Å². The van der Waals surface area contributed by atoms with Crippen molar-refractivity contribution in [1.82, 2.24) is 9.78 Å². The van der Waals surface area contributed by atoms with Crippen LogP contribution >= 0.6 is 11.6 Å². The Morgan fingerprint density at radius 3 is 2.61 bits per heavy atom. The van der Waals surface area contributed by atoms with Gasteiger partial charge in [0.05, 0.1) is 17.9 Å². The van der Waals surface area contributed by atoms with Crippen LogP contribution in [0.15, 0.2) is 30.3 Å². The van der Waals surface area contributed by atoms with Crippen molar-refractivity contribution in [2.24, 2.45) is 0 Å². The van der Waals surface area contributed by atoms with Crippen molar-refractivity contribution >= 4 is 17.3 Å². The van der Waals surface area contributed by atoms with Crippen LogP contribution in [0.2, 0.25) is 0 Å². The molecule has 0 saturated heterocycles. The smallest absolute Gasteiger partial charge is 0.0597 e. The zero-order chi connectivity index (χ0) is 13.0. The SMILES string of the molecule is CCn1nc(C)cc1CNc1ccc(CCl)cc1. The Morgan fingerprint density at radius 1 is 1.28 bits per heavy atom. The van der Waals surface area contributed by atoms with Crippen LogP contribution in [-0.4, -0.2) is 9.78 Å². The molecule has 0 aliphatic rings. The molecule has 2 rings (SSSR count). The summed E-state index contributed by atoms with van der Waals surface area (Å²) in [5.74, 6) is 0.558. The highest BCUT2D eigenvalue weighted by molar-refractivity contribution is 6.17. The second-order valence-electron chi connectivity index (χ2n) is 4.28. The molecule has 0 fully saturated rings. The second-order valence-corrected chi connectivity index (χ2v) is 4.54. The molecular weight excluding hydrogens is 246 g/mol. The minimum Gasteiger partial charge on any atom is -0.379 e. The molecule has 0 aliphatic heterocycles. The van der Waals surface area contributed by atoms with E-state index in [1.807, 2.05) is 23.7 Å². The molecule has 0 bridgehead atoms. The Hall–Kier alpha value is -1.48. The van der Waals surface area contributed by atoms with Crippen molar-refractivity contribution < 1.29 is 0 Å². The van der Waals surface area contributed by atoms with E-state index >= 15 is 0 Å². The molecule has 3 nitrogen and oxygen atoms in total. The highest BCUT2D eigenvalue weighted by Crippen LogP contribution is 2.13. The van der Waals surface area contributed by atoms with Gasteiger partial charge >= 0.3 is 0 Å². The van der Waals surface area contributed by atoms with E-state index in [2.05, 4.69) is 35.5 Å². The zero-order valence-corrected chi connectivity index (χ0v) is 11.5. The molecule has 0 aliphatic carbocycles. The second kappa shape index (κ2) is 5.91. The fourth-order valence-electron chi connectivity index (χ4n) is 1.92. The number of aryl methyl sites for hydroxylation is 2. The molecule has 0 saturated carbocycles. The minimum absolute atomic E-state index is 0.558. The summed E-state index contributed by atoms with van der Waals surface area (Å²) < 4.78 is 2.02.